The van der Waals surface area contributed by atoms with Gasteiger partial charge in [0, 0.05) is 23.1 Å². The summed E-state index contributed by atoms with van der Waals surface area (Å²) in [4.78, 5) is 50.1. The molecule has 0 spiro atoms. The van der Waals surface area contributed by atoms with Crippen LogP contribution >= 0.6 is 0 Å². The van der Waals surface area contributed by atoms with Gasteiger partial charge < -0.3 is 5.73 Å². The van der Waals surface area contributed by atoms with Gasteiger partial charge in [0.15, 0.2) is 0 Å². The third kappa shape index (κ3) is 1.91. The standard InChI is InChI=1S/C17H13N3O4/c18-9-6-8-2-1-3-10-14(8)11(7-9)17(24)20(16(10)23)12-4-5-13(21)19-15(12)22/h1-3,6-7,12H,4-5,18H2,(H,19,21,22). The summed E-state index contributed by atoms with van der Waals surface area (Å²) >= 11 is 0. The lowest BCUT2D eigenvalue weighted by molar-refractivity contribution is -0.136. The molecule has 2 heterocycles. The first-order valence-electron chi connectivity index (χ1n) is 7.51. The van der Waals surface area contributed by atoms with Gasteiger partial charge in [0.2, 0.25) is 11.8 Å². The van der Waals surface area contributed by atoms with Crippen LogP contribution in [0.3, 0.4) is 0 Å². The molecule has 1 atom stereocenters. The molecule has 0 aliphatic carbocycles. The van der Waals surface area contributed by atoms with Crippen LogP contribution in [0.5, 0.6) is 0 Å². The Morgan fingerprint density at radius 1 is 1.04 bits per heavy atom. The van der Waals surface area contributed by atoms with Crippen molar-refractivity contribution in [3.8, 4) is 0 Å². The van der Waals surface area contributed by atoms with Crippen molar-refractivity contribution in [3.63, 3.8) is 0 Å². The molecule has 7 heteroatoms. The van der Waals surface area contributed by atoms with Crippen molar-refractivity contribution in [3.05, 3.63) is 41.5 Å². The number of carbonyl (C=O) groups is 4. The zero-order valence-electron chi connectivity index (χ0n) is 12.5. The van der Waals surface area contributed by atoms with Gasteiger partial charge in [0.25, 0.3) is 11.8 Å². The number of imide groups is 2. The summed E-state index contributed by atoms with van der Waals surface area (Å²) in [5.41, 5.74) is 6.91. The van der Waals surface area contributed by atoms with E-state index >= 15 is 0 Å². The second kappa shape index (κ2) is 4.89. The summed E-state index contributed by atoms with van der Waals surface area (Å²) in [6.45, 7) is 0. The molecule has 120 valence electrons. The lowest BCUT2D eigenvalue weighted by Crippen LogP contribution is -2.57. The summed E-state index contributed by atoms with van der Waals surface area (Å²) in [6, 6.07) is 7.32. The average molecular weight is 323 g/mol. The zero-order chi connectivity index (χ0) is 17.0. The van der Waals surface area contributed by atoms with E-state index in [4.69, 9.17) is 5.73 Å². The Hall–Kier alpha value is -3.22. The summed E-state index contributed by atoms with van der Waals surface area (Å²) in [5, 5.41) is 3.43. The van der Waals surface area contributed by atoms with Crippen LogP contribution in [0.1, 0.15) is 33.6 Å². The first kappa shape index (κ1) is 14.4. The van der Waals surface area contributed by atoms with E-state index in [1.807, 2.05) is 0 Å². The van der Waals surface area contributed by atoms with Crippen molar-refractivity contribution in [2.24, 2.45) is 0 Å². The second-order valence-electron chi connectivity index (χ2n) is 5.92. The predicted molar refractivity (Wildman–Crippen MR) is 85.0 cm³/mol. The van der Waals surface area contributed by atoms with E-state index in [-0.39, 0.29) is 12.8 Å². The number of nitrogens with two attached hydrogens (primary N) is 1. The van der Waals surface area contributed by atoms with Crippen molar-refractivity contribution in [1.82, 2.24) is 10.2 Å². The molecule has 0 bridgehead atoms. The molecule has 2 aromatic carbocycles. The first-order chi connectivity index (χ1) is 11.5. The van der Waals surface area contributed by atoms with Gasteiger partial charge in [-0.05, 0) is 30.0 Å². The third-order valence-electron chi connectivity index (χ3n) is 4.42. The number of hydrogen-bond acceptors (Lipinski definition) is 5. The monoisotopic (exact) mass is 323 g/mol. The minimum atomic E-state index is -0.993. The van der Waals surface area contributed by atoms with Gasteiger partial charge in [-0.2, -0.15) is 0 Å². The fourth-order valence-electron chi connectivity index (χ4n) is 3.36. The molecule has 1 unspecified atom stereocenters. The van der Waals surface area contributed by atoms with Crippen LogP contribution in [0, 0.1) is 0 Å². The molecule has 1 fully saturated rings. The highest BCUT2D eigenvalue weighted by molar-refractivity contribution is 6.27. The summed E-state index contributed by atoms with van der Waals surface area (Å²) in [5.74, 6) is -2.13. The van der Waals surface area contributed by atoms with Crippen molar-refractivity contribution in [1.29, 1.82) is 0 Å². The maximum absolute atomic E-state index is 12.9. The highest BCUT2D eigenvalue weighted by Crippen LogP contribution is 2.33. The molecule has 7 nitrogen and oxygen atoms in total. The number of nitrogen functional groups attached to an aromatic ring is 1. The summed E-state index contributed by atoms with van der Waals surface area (Å²) in [7, 11) is 0. The lowest BCUT2D eigenvalue weighted by Gasteiger charge is -2.34. The Labute approximate surface area is 136 Å². The summed E-state index contributed by atoms with van der Waals surface area (Å²) in [6.07, 6.45) is 0.206. The smallest absolute Gasteiger partial charge is 0.262 e. The van der Waals surface area contributed by atoms with Crippen LogP contribution in [-0.2, 0) is 9.59 Å². The number of anilines is 1. The Balaban J connectivity index is 1.89. The molecule has 0 saturated carbocycles. The second-order valence-corrected chi connectivity index (χ2v) is 5.92. The first-order valence-corrected chi connectivity index (χ1v) is 7.51. The molecule has 1 saturated heterocycles. The van der Waals surface area contributed by atoms with E-state index in [9.17, 15) is 19.2 Å². The van der Waals surface area contributed by atoms with Gasteiger partial charge in [-0.1, -0.05) is 12.1 Å². The SMILES string of the molecule is Nc1cc2c3c(cccc3c1)C(=O)N(C1CCC(=O)NC1=O)C2=O. The molecule has 3 N–H and O–H groups in total. The van der Waals surface area contributed by atoms with Gasteiger partial charge in [-0.15, -0.1) is 0 Å². The molecule has 24 heavy (non-hydrogen) atoms. The van der Waals surface area contributed by atoms with E-state index in [0.29, 0.717) is 27.6 Å². The molecule has 2 aromatic rings. The van der Waals surface area contributed by atoms with Crippen LogP contribution in [0.4, 0.5) is 5.69 Å². The molecule has 2 aliphatic heterocycles. The van der Waals surface area contributed by atoms with Crippen molar-refractivity contribution in [2.45, 2.75) is 18.9 Å². The topological polar surface area (TPSA) is 110 Å². The van der Waals surface area contributed by atoms with Crippen LogP contribution in [-0.4, -0.2) is 34.6 Å². The third-order valence-corrected chi connectivity index (χ3v) is 4.42. The highest BCUT2D eigenvalue weighted by Gasteiger charge is 2.42. The van der Waals surface area contributed by atoms with Crippen LogP contribution < -0.4 is 11.1 Å². The quantitative estimate of drug-likeness (QED) is 0.596. The van der Waals surface area contributed by atoms with Gasteiger partial charge in [-0.3, -0.25) is 29.4 Å². The van der Waals surface area contributed by atoms with Gasteiger partial charge in [0.1, 0.15) is 6.04 Å². The fraction of sp³-hybridized carbons (Fsp3) is 0.176. The molecule has 0 aromatic heterocycles. The van der Waals surface area contributed by atoms with E-state index in [1.165, 1.54) is 6.07 Å². The van der Waals surface area contributed by atoms with E-state index in [0.717, 1.165) is 4.90 Å². The predicted octanol–water partition coefficient (Wildman–Crippen LogP) is 0.823. The van der Waals surface area contributed by atoms with Gasteiger partial charge >= 0.3 is 0 Å². The van der Waals surface area contributed by atoms with Crippen molar-refractivity contribution >= 4 is 40.1 Å². The number of benzene rings is 2. The van der Waals surface area contributed by atoms with E-state index in [1.54, 1.807) is 24.3 Å². The Morgan fingerprint density at radius 3 is 2.54 bits per heavy atom. The van der Waals surface area contributed by atoms with E-state index < -0.39 is 29.7 Å². The average Bonchev–Trinajstić information content (AvgIpc) is 2.54. The molecule has 2 aliphatic rings. The van der Waals surface area contributed by atoms with Crippen LogP contribution in [0.2, 0.25) is 0 Å². The lowest BCUT2D eigenvalue weighted by atomic mass is 9.91. The number of carbonyl (C=O) groups excluding carboxylic acids is 4. The number of piperidine rings is 1. The minimum Gasteiger partial charge on any atom is -0.399 e. The maximum Gasteiger partial charge on any atom is 0.262 e. The molecule has 4 amide bonds. The molecule has 4 rings (SSSR count). The normalized spacial score (nSPS) is 20.5. The minimum absolute atomic E-state index is 0.0848. The largest absolute Gasteiger partial charge is 0.399 e. The molecule has 0 radical (unpaired) electrons. The van der Waals surface area contributed by atoms with Crippen LogP contribution in [0.25, 0.3) is 10.8 Å². The molecular weight excluding hydrogens is 310 g/mol. The Morgan fingerprint density at radius 2 is 1.79 bits per heavy atom. The van der Waals surface area contributed by atoms with Crippen LogP contribution in [0.15, 0.2) is 30.3 Å². The maximum atomic E-state index is 12.9. The zero-order valence-corrected chi connectivity index (χ0v) is 12.5. The number of nitrogens with one attached hydrogen (secondary N) is 1. The van der Waals surface area contributed by atoms with Gasteiger partial charge in [-0.25, -0.2) is 0 Å². The molecular formula is C17H13N3O4. The number of rotatable bonds is 1. The van der Waals surface area contributed by atoms with Gasteiger partial charge in [0.05, 0.1) is 5.56 Å². The number of amides is 4. The summed E-state index contributed by atoms with van der Waals surface area (Å²) < 4.78 is 0. The number of hydrogen-bond donors (Lipinski definition) is 2. The number of nitrogens with zero attached hydrogens (tertiary/aromatic N) is 1. The van der Waals surface area contributed by atoms with Crippen molar-refractivity contribution < 1.29 is 19.2 Å². The Bertz CT molecular complexity index is 950. The highest BCUT2D eigenvalue weighted by atomic mass is 16.2. The fourth-order valence-corrected chi connectivity index (χ4v) is 3.36. The van der Waals surface area contributed by atoms with E-state index in [2.05, 4.69) is 5.32 Å². The van der Waals surface area contributed by atoms with Crippen molar-refractivity contribution in [2.75, 3.05) is 5.73 Å². The Kier molecular flexibility index (Phi) is 2.93.